The molecule has 1 aliphatic rings. The van der Waals surface area contributed by atoms with E-state index in [0.29, 0.717) is 0 Å². The van der Waals surface area contributed by atoms with Gasteiger partial charge in [-0.2, -0.15) is 0 Å². The lowest BCUT2D eigenvalue weighted by Crippen LogP contribution is -2.27. The molecule has 0 saturated heterocycles. The summed E-state index contributed by atoms with van der Waals surface area (Å²) in [6, 6.07) is 32.0. The van der Waals surface area contributed by atoms with E-state index in [-0.39, 0.29) is 0 Å². The molecule has 1 aliphatic heterocycles. The van der Waals surface area contributed by atoms with Crippen molar-refractivity contribution in [1.82, 2.24) is 14.3 Å². The minimum Gasteiger partial charge on any atom is -0.313 e. The molecule has 156 valence electrons. The molecular formula is C29H25N3. The van der Waals surface area contributed by atoms with Crippen molar-refractivity contribution in [3.8, 4) is 11.3 Å². The molecule has 6 rings (SSSR count). The second kappa shape index (κ2) is 8.10. The van der Waals surface area contributed by atoms with Gasteiger partial charge in [0, 0.05) is 31.4 Å². The van der Waals surface area contributed by atoms with Gasteiger partial charge in [0.2, 0.25) is 0 Å². The van der Waals surface area contributed by atoms with Crippen molar-refractivity contribution in [2.24, 2.45) is 0 Å². The smallest absolute Gasteiger partial charge is 0.0950 e. The minimum absolute atomic E-state index is 0.947. The quantitative estimate of drug-likeness (QED) is 0.336. The molecule has 0 N–H and O–H groups in total. The summed E-state index contributed by atoms with van der Waals surface area (Å²) < 4.78 is 2.31. The average Bonchev–Trinajstić information content (AvgIpc) is 3.29. The third-order valence-electron chi connectivity index (χ3n) is 6.38. The predicted molar refractivity (Wildman–Crippen MR) is 132 cm³/mol. The molecule has 32 heavy (non-hydrogen) atoms. The van der Waals surface area contributed by atoms with Crippen molar-refractivity contribution < 1.29 is 0 Å². The van der Waals surface area contributed by atoms with Gasteiger partial charge >= 0.3 is 0 Å². The monoisotopic (exact) mass is 415 g/mol. The second-order valence-electron chi connectivity index (χ2n) is 8.50. The van der Waals surface area contributed by atoms with Crippen LogP contribution in [0.5, 0.6) is 0 Å². The fourth-order valence-electron chi connectivity index (χ4n) is 4.76. The van der Waals surface area contributed by atoms with Gasteiger partial charge in [-0.3, -0.25) is 4.90 Å². The molecule has 0 spiro atoms. The molecule has 0 aliphatic carbocycles. The third-order valence-corrected chi connectivity index (χ3v) is 6.38. The maximum Gasteiger partial charge on any atom is 0.0950 e. The second-order valence-corrected chi connectivity index (χ2v) is 8.50. The van der Waals surface area contributed by atoms with E-state index >= 15 is 0 Å². The van der Waals surface area contributed by atoms with Crippen molar-refractivity contribution in [2.75, 3.05) is 13.1 Å². The fourth-order valence-corrected chi connectivity index (χ4v) is 4.76. The lowest BCUT2D eigenvalue weighted by molar-refractivity contribution is 0.294. The van der Waals surface area contributed by atoms with Gasteiger partial charge in [0.1, 0.15) is 0 Å². The molecule has 3 nitrogen and oxygen atoms in total. The predicted octanol–water partition coefficient (Wildman–Crippen LogP) is 6.44. The maximum atomic E-state index is 5.03. The molecule has 0 unspecified atom stereocenters. The minimum atomic E-state index is 0.947. The molecule has 5 aromatic rings. The topological polar surface area (TPSA) is 20.5 Å². The summed E-state index contributed by atoms with van der Waals surface area (Å²) in [6.45, 7) is 3.02. The Labute approximate surface area is 188 Å². The van der Waals surface area contributed by atoms with Crippen LogP contribution in [0.25, 0.3) is 33.4 Å². The van der Waals surface area contributed by atoms with Crippen LogP contribution in [-0.4, -0.2) is 27.4 Å². The highest BCUT2D eigenvalue weighted by Gasteiger charge is 2.16. The van der Waals surface area contributed by atoms with Gasteiger partial charge in [-0.05, 0) is 41.3 Å². The Morgan fingerprint density at radius 3 is 2.22 bits per heavy atom. The Balaban J connectivity index is 1.35. The van der Waals surface area contributed by atoms with Crippen molar-refractivity contribution in [3.05, 3.63) is 114 Å². The van der Waals surface area contributed by atoms with Crippen LogP contribution in [-0.2, 0) is 6.54 Å². The Bertz CT molecular complexity index is 1410. The van der Waals surface area contributed by atoms with Gasteiger partial charge in [-0.25, -0.2) is 4.98 Å². The molecule has 2 aromatic heterocycles. The van der Waals surface area contributed by atoms with Gasteiger partial charge in [0.15, 0.2) is 0 Å². The normalized spacial score (nSPS) is 14.7. The van der Waals surface area contributed by atoms with Gasteiger partial charge in [-0.15, -0.1) is 0 Å². The molecule has 3 heteroatoms. The van der Waals surface area contributed by atoms with Crippen molar-refractivity contribution >= 4 is 22.1 Å². The van der Waals surface area contributed by atoms with Crippen LogP contribution in [0.4, 0.5) is 0 Å². The number of fused-ring (bicyclic) bond motifs is 3. The van der Waals surface area contributed by atoms with Crippen LogP contribution in [0.15, 0.2) is 103 Å². The largest absolute Gasteiger partial charge is 0.313 e. The number of aromatic nitrogens is 2. The summed E-state index contributed by atoms with van der Waals surface area (Å²) >= 11 is 0. The molecule has 0 atom stereocenters. The standard InChI is InChI=1S/C29H25N3/c1-3-9-23(10-4-1)24-15-17-31(18-16-24)20-22-19-28-29(25-11-5-2-6-12-25)30-26-13-7-8-14-27(26)32(28)21-22/h1-15,19,21H,16-18,20H2. The van der Waals surface area contributed by atoms with Crippen molar-refractivity contribution in [2.45, 2.75) is 13.0 Å². The van der Waals surface area contributed by atoms with Crippen LogP contribution in [0.2, 0.25) is 0 Å². The Morgan fingerprint density at radius 2 is 1.47 bits per heavy atom. The summed E-state index contributed by atoms with van der Waals surface area (Å²) in [5.41, 5.74) is 9.69. The molecule has 3 aromatic carbocycles. The summed E-state index contributed by atoms with van der Waals surface area (Å²) in [6.07, 6.45) is 5.78. The Morgan fingerprint density at radius 1 is 0.750 bits per heavy atom. The third kappa shape index (κ3) is 3.51. The van der Waals surface area contributed by atoms with E-state index in [1.165, 1.54) is 22.2 Å². The van der Waals surface area contributed by atoms with Gasteiger partial charge in [0.05, 0.1) is 22.2 Å². The Kier molecular flexibility index (Phi) is 4.82. The van der Waals surface area contributed by atoms with Crippen LogP contribution in [0.3, 0.4) is 0 Å². The molecule has 0 saturated carbocycles. The van der Waals surface area contributed by atoms with Crippen molar-refractivity contribution in [3.63, 3.8) is 0 Å². The van der Waals surface area contributed by atoms with E-state index < -0.39 is 0 Å². The zero-order valence-electron chi connectivity index (χ0n) is 18.0. The van der Waals surface area contributed by atoms with Crippen molar-refractivity contribution in [1.29, 1.82) is 0 Å². The first-order valence-electron chi connectivity index (χ1n) is 11.3. The SMILES string of the molecule is C1=C(c2ccccc2)CCN(Cc2cc3c(-c4ccccc4)nc4ccccc4n3c2)C1. The summed E-state index contributed by atoms with van der Waals surface area (Å²) in [5.74, 6) is 0. The molecular weight excluding hydrogens is 390 g/mol. The zero-order chi connectivity index (χ0) is 21.3. The number of para-hydroxylation sites is 2. The van der Waals surface area contributed by atoms with Gasteiger partial charge < -0.3 is 4.40 Å². The zero-order valence-corrected chi connectivity index (χ0v) is 18.0. The first kappa shape index (κ1) is 19.0. The van der Waals surface area contributed by atoms with E-state index in [9.17, 15) is 0 Å². The molecule has 0 radical (unpaired) electrons. The number of nitrogens with zero attached hydrogens (tertiary/aromatic N) is 3. The maximum absolute atomic E-state index is 5.03. The van der Waals surface area contributed by atoms with E-state index in [0.717, 1.165) is 48.3 Å². The lowest BCUT2D eigenvalue weighted by atomic mass is 9.99. The van der Waals surface area contributed by atoms with E-state index in [2.05, 4.69) is 113 Å². The van der Waals surface area contributed by atoms with Crippen LogP contribution >= 0.6 is 0 Å². The van der Waals surface area contributed by atoms with Gasteiger partial charge in [-0.1, -0.05) is 78.9 Å². The number of hydrogen-bond acceptors (Lipinski definition) is 2. The number of hydrogen-bond donors (Lipinski definition) is 0. The lowest BCUT2D eigenvalue weighted by Gasteiger charge is -2.26. The highest BCUT2D eigenvalue weighted by Crippen LogP contribution is 2.29. The first-order chi connectivity index (χ1) is 15.8. The van der Waals surface area contributed by atoms with E-state index in [1.807, 2.05) is 0 Å². The molecule has 0 fully saturated rings. The van der Waals surface area contributed by atoms with E-state index in [1.54, 1.807) is 0 Å². The van der Waals surface area contributed by atoms with Crippen LogP contribution in [0.1, 0.15) is 17.5 Å². The average molecular weight is 416 g/mol. The molecule has 0 bridgehead atoms. The summed E-state index contributed by atoms with van der Waals surface area (Å²) in [5, 5.41) is 0. The highest BCUT2D eigenvalue weighted by atomic mass is 15.1. The fraction of sp³-hybridized carbons (Fsp3) is 0.138. The van der Waals surface area contributed by atoms with Crippen LogP contribution in [0, 0.1) is 0 Å². The van der Waals surface area contributed by atoms with E-state index in [4.69, 9.17) is 4.98 Å². The summed E-state index contributed by atoms with van der Waals surface area (Å²) in [4.78, 5) is 7.56. The molecule has 0 amide bonds. The first-order valence-corrected chi connectivity index (χ1v) is 11.3. The molecule has 3 heterocycles. The Hall–Kier alpha value is -3.69. The highest BCUT2D eigenvalue weighted by molar-refractivity contribution is 5.88. The number of rotatable bonds is 4. The van der Waals surface area contributed by atoms with Crippen LogP contribution < -0.4 is 0 Å². The summed E-state index contributed by atoms with van der Waals surface area (Å²) in [7, 11) is 0. The van der Waals surface area contributed by atoms with Gasteiger partial charge in [0.25, 0.3) is 0 Å². The number of benzene rings is 3.